The van der Waals surface area contributed by atoms with Crippen molar-refractivity contribution < 1.29 is 24.2 Å². The van der Waals surface area contributed by atoms with E-state index in [0.29, 0.717) is 32.5 Å². The number of aromatic nitrogens is 2. The lowest BCUT2D eigenvalue weighted by Crippen LogP contribution is -2.30. The number of ether oxygens (including phenoxy) is 2. The van der Waals surface area contributed by atoms with E-state index in [1.54, 1.807) is 27.0 Å². The maximum Gasteiger partial charge on any atom is 0.350 e. The van der Waals surface area contributed by atoms with Crippen LogP contribution in [0.15, 0.2) is 54.3 Å². The van der Waals surface area contributed by atoms with Crippen LogP contribution in [0, 0.1) is 6.92 Å². The number of carbonyl (C=O) groups is 2. The number of methoxy groups -OCH3 is 1. The Morgan fingerprint density at radius 2 is 1.94 bits per heavy atom. The summed E-state index contributed by atoms with van der Waals surface area (Å²) in [6.07, 6.45) is 0. The Morgan fingerprint density at radius 3 is 2.69 bits per heavy atom. The summed E-state index contributed by atoms with van der Waals surface area (Å²) >= 11 is 2.45. The summed E-state index contributed by atoms with van der Waals surface area (Å²) in [4.78, 5) is 36.8. The molecule has 0 saturated heterocycles. The molecular formula is C25H21N3O5S2. The number of nitrogens with zero attached hydrogens (tertiary/aromatic N) is 3. The Hall–Kier alpha value is -3.76. The zero-order valence-electron chi connectivity index (χ0n) is 19.1. The van der Waals surface area contributed by atoms with Crippen molar-refractivity contribution in [2.75, 3.05) is 18.6 Å². The van der Waals surface area contributed by atoms with Crippen molar-refractivity contribution in [3.8, 4) is 5.75 Å². The number of benzene rings is 2. The van der Waals surface area contributed by atoms with E-state index in [1.807, 2.05) is 42.5 Å². The van der Waals surface area contributed by atoms with E-state index in [2.05, 4.69) is 4.98 Å². The quantitative estimate of drug-likeness (QED) is 0.353. The number of fused-ring (bicyclic) bond motifs is 1. The smallest absolute Gasteiger partial charge is 0.350 e. The number of esters is 1. The fourth-order valence-corrected chi connectivity index (χ4v) is 6.03. The zero-order chi connectivity index (χ0) is 24.7. The highest BCUT2D eigenvalue weighted by Crippen LogP contribution is 2.48. The molecule has 0 bridgehead atoms. The second-order valence-electron chi connectivity index (χ2n) is 7.73. The van der Waals surface area contributed by atoms with Gasteiger partial charge in [0.2, 0.25) is 0 Å². The molecule has 1 amide bonds. The molecule has 1 atom stereocenters. The molecule has 0 saturated carbocycles. The highest BCUT2D eigenvalue weighted by molar-refractivity contribution is 7.19. The van der Waals surface area contributed by atoms with Gasteiger partial charge in [0, 0.05) is 0 Å². The van der Waals surface area contributed by atoms with Crippen molar-refractivity contribution in [2.24, 2.45) is 0 Å². The van der Waals surface area contributed by atoms with Crippen LogP contribution in [0.25, 0.3) is 15.8 Å². The second-order valence-corrected chi connectivity index (χ2v) is 9.74. The third kappa shape index (κ3) is 3.94. The minimum Gasteiger partial charge on any atom is -0.503 e. The van der Waals surface area contributed by atoms with Gasteiger partial charge in [0.1, 0.15) is 15.6 Å². The third-order valence-electron chi connectivity index (χ3n) is 5.59. The lowest BCUT2D eigenvalue weighted by molar-refractivity contribution is -0.117. The van der Waals surface area contributed by atoms with Crippen molar-refractivity contribution in [1.29, 1.82) is 0 Å². The van der Waals surface area contributed by atoms with E-state index in [1.165, 1.54) is 16.2 Å². The molecule has 35 heavy (non-hydrogen) atoms. The molecule has 10 heteroatoms. The van der Waals surface area contributed by atoms with Gasteiger partial charge >= 0.3 is 5.97 Å². The fourth-order valence-electron chi connectivity index (χ4n) is 4.01. The van der Waals surface area contributed by atoms with E-state index < -0.39 is 23.7 Å². The number of hydrogen-bond donors (Lipinski definition) is 1. The van der Waals surface area contributed by atoms with Gasteiger partial charge in [-0.2, -0.15) is 0 Å². The summed E-state index contributed by atoms with van der Waals surface area (Å²) in [6.45, 7) is 3.64. The number of anilines is 1. The van der Waals surface area contributed by atoms with Crippen LogP contribution in [0.5, 0.6) is 5.75 Å². The van der Waals surface area contributed by atoms with Crippen molar-refractivity contribution in [3.63, 3.8) is 0 Å². The largest absolute Gasteiger partial charge is 0.503 e. The van der Waals surface area contributed by atoms with Gasteiger partial charge in [-0.3, -0.25) is 9.69 Å². The molecule has 1 N–H and O–H groups in total. The van der Waals surface area contributed by atoms with Crippen molar-refractivity contribution in [3.05, 3.63) is 75.4 Å². The van der Waals surface area contributed by atoms with Crippen LogP contribution in [-0.2, 0) is 9.53 Å². The minimum absolute atomic E-state index is 0.227. The molecule has 0 radical (unpaired) electrons. The van der Waals surface area contributed by atoms with Crippen molar-refractivity contribution in [1.82, 2.24) is 9.97 Å². The Bertz CT molecular complexity index is 1460. The number of aliphatic hydroxyl groups is 1. The van der Waals surface area contributed by atoms with Gasteiger partial charge in [0.05, 0.1) is 41.2 Å². The summed E-state index contributed by atoms with van der Waals surface area (Å²) in [5.74, 6) is -0.909. The van der Waals surface area contributed by atoms with Gasteiger partial charge in [-0.05, 0) is 43.7 Å². The predicted molar refractivity (Wildman–Crippen MR) is 135 cm³/mol. The average Bonchev–Trinajstić information content (AvgIpc) is 3.53. The maximum atomic E-state index is 13.5. The van der Waals surface area contributed by atoms with E-state index in [4.69, 9.17) is 14.5 Å². The van der Waals surface area contributed by atoms with Crippen LogP contribution < -0.4 is 9.64 Å². The number of aliphatic hydroxyl groups excluding tert-OH is 1. The molecule has 1 aliphatic heterocycles. The van der Waals surface area contributed by atoms with Gasteiger partial charge in [-0.15, -0.1) is 11.3 Å². The zero-order valence-corrected chi connectivity index (χ0v) is 20.8. The standard InChI is InChI=1S/C25H21N3O5S2/c1-4-33-24(31)21-13(2)26-25(35-21)28-19(14-8-7-9-15(12-14)32-3)18(20(29)23(28)30)22-27-16-10-5-6-11-17(16)34-22/h5-12,19,29H,4H2,1-3H3/t19-/m1/s1. The van der Waals surface area contributed by atoms with Crippen LogP contribution in [0.2, 0.25) is 0 Å². The minimum atomic E-state index is -0.723. The van der Waals surface area contributed by atoms with Crippen LogP contribution in [0.4, 0.5) is 5.13 Å². The number of thiazole rings is 2. The van der Waals surface area contributed by atoms with Crippen LogP contribution >= 0.6 is 22.7 Å². The molecule has 178 valence electrons. The molecule has 4 aromatic rings. The van der Waals surface area contributed by atoms with E-state index >= 15 is 0 Å². The monoisotopic (exact) mass is 507 g/mol. The molecule has 2 aromatic carbocycles. The topological polar surface area (TPSA) is 102 Å². The van der Waals surface area contributed by atoms with E-state index in [9.17, 15) is 14.7 Å². The summed E-state index contributed by atoms with van der Waals surface area (Å²) < 4.78 is 11.5. The van der Waals surface area contributed by atoms with E-state index in [-0.39, 0.29) is 11.7 Å². The molecule has 3 heterocycles. The number of amides is 1. The number of rotatable bonds is 6. The molecule has 5 rings (SSSR count). The van der Waals surface area contributed by atoms with Crippen LogP contribution in [-0.4, -0.2) is 40.7 Å². The summed E-state index contributed by atoms with van der Waals surface area (Å²) in [5.41, 5.74) is 2.32. The third-order valence-corrected chi connectivity index (χ3v) is 7.80. The molecular weight excluding hydrogens is 486 g/mol. The molecule has 2 aromatic heterocycles. The van der Waals surface area contributed by atoms with Gasteiger partial charge in [0.25, 0.3) is 5.91 Å². The van der Waals surface area contributed by atoms with Crippen LogP contribution in [0.3, 0.4) is 0 Å². The SMILES string of the molecule is CCOC(=O)c1sc(N2C(=O)C(O)=C(c3nc4ccccc4s3)[C@H]2c2cccc(OC)c2)nc1C. The number of para-hydroxylation sites is 1. The Balaban J connectivity index is 1.68. The maximum absolute atomic E-state index is 13.5. The average molecular weight is 508 g/mol. The number of hydrogen-bond acceptors (Lipinski definition) is 9. The predicted octanol–water partition coefficient (Wildman–Crippen LogP) is 5.30. The van der Waals surface area contributed by atoms with Gasteiger partial charge in [-0.1, -0.05) is 35.6 Å². The molecule has 1 aliphatic rings. The van der Waals surface area contributed by atoms with Gasteiger partial charge in [-0.25, -0.2) is 14.8 Å². The molecule has 0 aliphatic carbocycles. The number of carbonyl (C=O) groups excluding carboxylic acids is 2. The molecule has 8 nitrogen and oxygen atoms in total. The lowest BCUT2D eigenvalue weighted by Gasteiger charge is -2.24. The Morgan fingerprint density at radius 1 is 1.14 bits per heavy atom. The summed E-state index contributed by atoms with van der Waals surface area (Å²) in [5, 5.41) is 11.9. The first kappa shape index (κ1) is 23.0. The summed E-state index contributed by atoms with van der Waals surface area (Å²) in [7, 11) is 1.56. The van der Waals surface area contributed by atoms with Gasteiger partial charge in [0.15, 0.2) is 10.9 Å². The number of aryl methyl sites for hydroxylation is 1. The summed E-state index contributed by atoms with van der Waals surface area (Å²) in [6, 6.07) is 14.2. The lowest BCUT2D eigenvalue weighted by atomic mass is 9.99. The molecule has 0 fully saturated rings. The first-order valence-electron chi connectivity index (χ1n) is 10.8. The molecule has 0 spiro atoms. The van der Waals surface area contributed by atoms with Gasteiger partial charge < -0.3 is 14.6 Å². The van der Waals surface area contributed by atoms with Crippen molar-refractivity contribution in [2.45, 2.75) is 19.9 Å². The fraction of sp³-hybridized carbons (Fsp3) is 0.200. The second kappa shape index (κ2) is 9.12. The first-order valence-corrected chi connectivity index (χ1v) is 12.5. The Kier molecular flexibility index (Phi) is 6.00. The molecule has 0 unspecified atom stereocenters. The highest BCUT2D eigenvalue weighted by Gasteiger charge is 2.45. The van der Waals surface area contributed by atoms with Crippen molar-refractivity contribution >= 4 is 55.5 Å². The Labute approximate surface area is 209 Å². The van der Waals surface area contributed by atoms with Crippen LogP contribution in [0.1, 0.15) is 38.9 Å². The highest BCUT2D eigenvalue weighted by atomic mass is 32.1. The first-order chi connectivity index (χ1) is 16.9. The van der Waals surface area contributed by atoms with E-state index in [0.717, 1.165) is 21.6 Å². The normalized spacial score (nSPS) is 15.8.